The Bertz CT molecular complexity index is 919. The number of aryl methyl sites for hydroxylation is 1. The smallest absolute Gasteiger partial charge is 0.265 e. The lowest BCUT2D eigenvalue weighted by Gasteiger charge is -2.13. The van der Waals surface area contributed by atoms with E-state index in [0.717, 1.165) is 30.4 Å². The fraction of sp³-hybridized carbons (Fsp3) is 0.350. The fourth-order valence-corrected chi connectivity index (χ4v) is 4.02. The van der Waals surface area contributed by atoms with Gasteiger partial charge in [0.05, 0.1) is 13.5 Å². The molecule has 1 aliphatic rings. The van der Waals surface area contributed by atoms with E-state index in [0.29, 0.717) is 17.5 Å². The molecule has 0 saturated heterocycles. The van der Waals surface area contributed by atoms with Gasteiger partial charge < -0.3 is 10.1 Å². The molecule has 1 amide bonds. The van der Waals surface area contributed by atoms with Crippen molar-refractivity contribution in [3.05, 3.63) is 53.6 Å². The van der Waals surface area contributed by atoms with Gasteiger partial charge in [0.2, 0.25) is 5.91 Å². The molecule has 3 rings (SSSR count). The first-order valence-electron chi connectivity index (χ1n) is 8.99. The summed E-state index contributed by atoms with van der Waals surface area (Å²) in [5.74, 6) is 0.292. The highest BCUT2D eigenvalue weighted by Gasteiger charge is 2.23. The number of sulfonamides is 1. The third-order valence-electron chi connectivity index (χ3n) is 4.44. The van der Waals surface area contributed by atoms with Crippen molar-refractivity contribution in [1.29, 1.82) is 0 Å². The van der Waals surface area contributed by atoms with Crippen LogP contribution < -0.4 is 14.8 Å². The van der Waals surface area contributed by atoms with Gasteiger partial charge >= 0.3 is 0 Å². The summed E-state index contributed by atoms with van der Waals surface area (Å²) in [6.45, 7) is 1.96. The van der Waals surface area contributed by atoms with Gasteiger partial charge in [-0.15, -0.1) is 0 Å². The van der Waals surface area contributed by atoms with Crippen LogP contribution in [0.25, 0.3) is 0 Å². The molecule has 0 bridgehead atoms. The van der Waals surface area contributed by atoms with Crippen molar-refractivity contribution < 1.29 is 17.9 Å². The molecule has 2 aromatic carbocycles. The average molecular weight is 388 g/mol. The standard InChI is InChI=1S/C20H24N2O4S/c1-3-14-6-11-18(26-2)19(12-14)27(24,25)22-17-7-4-15(5-8-17)13-20(23)21-16-9-10-16/h4-8,11-12,16,22H,3,9-10,13H2,1-2H3,(H,21,23). The van der Waals surface area contributed by atoms with E-state index in [-0.39, 0.29) is 17.2 Å². The SMILES string of the molecule is CCc1ccc(OC)c(S(=O)(=O)Nc2ccc(CC(=O)NC3CC3)cc2)c1. The Balaban J connectivity index is 1.73. The van der Waals surface area contributed by atoms with E-state index in [1.807, 2.05) is 13.0 Å². The van der Waals surface area contributed by atoms with Crippen LogP contribution in [0.15, 0.2) is 47.4 Å². The van der Waals surface area contributed by atoms with Crippen LogP contribution in [0.4, 0.5) is 5.69 Å². The molecule has 144 valence electrons. The number of nitrogens with one attached hydrogen (secondary N) is 2. The van der Waals surface area contributed by atoms with Crippen LogP contribution >= 0.6 is 0 Å². The number of carbonyl (C=O) groups excluding carboxylic acids is 1. The summed E-state index contributed by atoms with van der Waals surface area (Å²) < 4.78 is 33.4. The molecule has 6 nitrogen and oxygen atoms in total. The predicted molar refractivity (Wildman–Crippen MR) is 104 cm³/mol. The first kappa shape index (κ1) is 19.2. The summed E-state index contributed by atoms with van der Waals surface area (Å²) in [6.07, 6.45) is 3.12. The maximum Gasteiger partial charge on any atom is 0.265 e. The fourth-order valence-electron chi connectivity index (χ4n) is 2.74. The van der Waals surface area contributed by atoms with Crippen molar-refractivity contribution in [2.75, 3.05) is 11.8 Å². The van der Waals surface area contributed by atoms with Crippen LogP contribution in [-0.4, -0.2) is 27.5 Å². The Labute approximate surface area is 160 Å². The minimum Gasteiger partial charge on any atom is -0.495 e. The Hall–Kier alpha value is -2.54. The number of methoxy groups -OCH3 is 1. The van der Waals surface area contributed by atoms with Crippen molar-refractivity contribution >= 4 is 21.6 Å². The van der Waals surface area contributed by atoms with Crippen LogP contribution in [0.1, 0.15) is 30.9 Å². The maximum atomic E-state index is 12.8. The van der Waals surface area contributed by atoms with Crippen molar-refractivity contribution in [3.8, 4) is 5.75 Å². The van der Waals surface area contributed by atoms with E-state index in [4.69, 9.17) is 4.74 Å². The van der Waals surface area contributed by atoms with Crippen LogP contribution in [0, 0.1) is 0 Å². The summed E-state index contributed by atoms with van der Waals surface area (Å²) in [6, 6.07) is 12.3. The third kappa shape index (κ3) is 5.01. The lowest BCUT2D eigenvalue weighted by molar-refractivity contribution is -0.120. The number of ether oxygens (including phenoxy) is 1. The van der Waals surface area contributed by atoms with E-state index < -0.39 is 10.0 Å². The second kappa shape index (κ2) is 8.00. The summed E-state index contributed by atoms with van der Waals surface area (Å²) in [7, 11) is -2.34. The molecule has 7 heteroatoms. The molecule has 2 aromatic rings. The van der Waals surface area contributed by atoms with Gasteiger partial charge in [0.1, 0.15) is 10.6 Å². The van der Waals surface area contributed by atoms with Crippen LogP contribution in [0.5, 0.6) is 5.75 Å². The van der Waals surface area contributed by atoms with Crippen LogP contribution in [0.3, 0.4) is 0 Å². The van der Waals surface area contributed by atoms with Gasteiger partial charge in [-0.05, 0) is 54.7 Å². The third-order valence-corrected chi connectivity index (χ3v) is 5.84. The summed E-state index contributed by atoms with van der Waals surface area (Å²) in [5.41, 5.74) is 2.18. The van der Waals surface area contributed by atoms with Gasteiger partial charge in [0.15, 0.2) is 0 Å². The summed E-state index contributed by atoms with van der Waals surface area (Å²) in [5, 5.41) is 2.94. The van der Waals surface area contributed by atoms with Gasteiger partial charge in [-0.25, -0.2) is 8.42 Å². The number of hydrogen-bond donors (Lipinski definition) is 2. The monoisotopic (exact) mass is 388 g/mol. The predicted octanol–water partition coefficient (Wildman–Crippen LogP) is 2.88. The molecule has 0 unspecified atom stereocenters. The molecule has 0 atom stereocenters. The number of amides is 1. The molecule has 0 heterocycles. The zero-order chi connectivity index (χ0) is 19.4. The molecule has 1 aliphatic carbocycles. The second-order valence-electron chi connectivity index (χ2n) is 6.66. The molecule has 0 radical (unpaired) electrons. The Morgan fingerprint density at radius 3 is 2.37 bits per heavy atom. The van der Waals surface area contributed by atoms with E-state index in [9.17, 15) is 13.2 Å². The number of anilines is 1. The van der Waals surface area contributed by atoms with E-state index in [1.165, 1.54) is 7.11 Å². The van der Waals surface area contributed by atoms with Crippen molar-refractivity contribution in [2.24, 2.45) is 0 Å². The molecule has 1 fully saturated rings. The van der Waals surface area contributed by atoms with Gasteiger partial charge in [-0.2, -0.15) is 0 Å². The molecular formula is C20H24N2O4S. The van der Waals surface area contributed by atoms with E-state index in [2.05, 4.69) is 10.0 Å². The van der Waals surface area contributed by atoms with Crippen molar-refractivity contribution in [3.63, 3.8) is 0 Å². The lowest BCUT2D eigenvalue weighted by Crippen LogP contribution is -2.26. The van der Waals surface area contributed by atoms with Gasteiger partial charge in [-0.3, -0.25) is 9.52 Å². The molecule has 0 spiro atoms. The van der Waals surface area contributed by atoms with Gasteiger partial charge in [-0.1, -0.05) is 25.1 Å². The number of carbonyl (C=O) groups is 1. The van der Waals surface area contributed by atoms with Crippen molar-refractivity contribution in [2.45, 2.75) is 43.5 Å². The molecule has 0 aromatic heterocycles. The highest BCUT2D eigenvalue weighted by molar-refractivity contribution is 7.92. The lowest BCUT2D eigenvalue weighted by atomic mass is 10.1. The number of benzene rings is 2. The highest BCUT2D eigenvalue weighted by atomic mass is 32.2. The van der Waals surface area contributed by atoms with E-state index in [1.54, 1.807) is 36.4 Å². The van der Waals surface area contributed by atoms with Gasteiger partial charge in [0, 0.05) is 11.7 Å². The molecule has 2 N–H and O–H groups in total. The van der Waals surface area contributed by atoms with Crippen molar-refractivity contribution in [1.82, 2.24) is 5.32 Å². The van der Waals surface area contributed by atoms with Crippen LogP contribution in [-0.2, 0) is 27.7 Å². The number of hydrogen-bond acceptors (Lipinski definition) is 4. The highest BCUT2D eigenvalue weighted by Crippen LogP contribution is 2.27. The molecule has 0 aliphatic heterocycles. The largest absolute Gasteiger partial charge is 0.495 e. The summed E-state index contributed by atoms with van der Waals surface area (Å²) in [4.78, 5) is 12.0. The Kier molecular flexibility index (Phi) is 5.70. The Morgan fingerprint density at radius 1 is 1.11 bits per heavy atom. The van der Waals surface area contributed by atoms with E-state index >= 15 is 0 Å². The van der Waals surface area contributed by atoms with Crippen LogP contribution in [0.2, 0.25) is 0 Å². The Morgan fingerprint density at radius 2 is 1.78 bits per heavy atom. The average Bonchev–Trinajstić information content (AvgIpc) is 3.46. The molecule has 1 saturated carbocycles. The maximum absolute atomic E-state index is 12.8. The second-order valence-corrected chi connectivity index (χ2v) is 8.31. The minimum absolute atomic E-state index is 0.00746. The first-order valence-corrected chi connectivity index (χ1v) is 10.5. The zero-order valence-corrected chi connectivity index (χ0v) is 16.3. The quantitative estimate of drug-likeness (QED) is 0.728. The molecule has 27 heavy (non-hydrogen) atoms. The summed E-state index contributed by atoms with van der Waals surface area (Å²) >= 11 is 0. The first-order chi connectivity index (χ1) is 12.9. The normalized spacial score (nSPS) is 13.9. The topological polar surface area (TPSA) is 84.5 Å². The number of rotatable bonds is 8. The van der Waals surface area contributed by atoms with Gasteiger partial charge in [0.25, 0.3) is 10.0 Å². The minimum atomic E-state index is -3.79. The zero-order valence-electron chi connectivity index (χ0n) is 15.5. The molecular weight excluding hydrogens is 364 g/mol.